The Balaban J connectivity index is 2.03. The molecule has 1 fully saturated rings. The highest BCUT2D eigenvalue weighted by atomic mass is 16.5. The average Bonchev–Trinajstić information content (AvgIpc) is 2.86. The molecule has 1 aliphatic rings. The average molecular weight is 253 g/mol. The maximum absolute atomic E-state index is 10.9. The first-order chi connectivity index (χ1) is 8.61. The summed E-state index contributed by atoms with van der Waals surface area (Å²) >= 11 is 0. The number of aryl methyl sites for hydroxylation is 1. The van der Waals surface area contributed by atoms with E-state index in [9.17, 15) is 4.79 Å². The minimum absolute atomic E-state index is 0.163. The van der Waals surface area contributed by atoms with Crippen LogP contribution in [0.25, 0.3) is 0 Å². The molecule has 6 heteroatoms. The van der Waals surface area contributed by atoms with Crippen molar-refractivity contribution in [3.05, 3.63) is 18.0 Å². The topological polar surface area (TPSA) is 67.6 Å². The van der Waals surface area contributed by atoms with E-state index in [4.69, 9.17) is 9.84 Å². The van der Waals surface area contributed by atoms with Gasteiger partial charge in [-0.25, -0.2) is 4.79 Å². The van der Waals surface area contributed by atoms with Gasteiger partial charge in [-0.2, -0.15) is 5.10 Å². The van der Waals surface area contributed by atoms with Gasteiger partial charge >= 0.3 is 5.97 Å². The quantitative estimate of drug-likeness (QED) is 0.857. The van der Waals surface area contributed by atoms with E-state index in [0.717, 1.165) is 18.7 Å². The molecule has 1 aromatic rings. The van der Waals surface area contributed by atoms with Crippen LogP contribution in [-0.2, 0) is 16.1 Å². The van der Waals surface area contributed by atoms with Crippen LogP contribution in [0, 0.1) is 0 Å². The van der Waals surface area contributed by atoms with Gasteiger partial charge in [0.25, 0.3) is 0 Å². The van der Waals surface area contributed by atoms with Crippen LogP contribution in [-0.4, -0.2) is 51.6 Å². The third-order valence-electron chi connectivity index (χ3n) is 3.38. The Hall–Kier alpha value is -1.40. The van der Waals surface area contributed by atoms with Gasteiger partial charge in [0.05, 0.1) is 12.8 Å². The standard InChI is InChI=1S/C12H19N3O3/c1-3-15-7-10(6-13-15)9(2)14-4-5-18-11(8-14)12(16)17/h6-7,9,11H,3-5,8H2,1-2H3,(H,16,17). The summed E-state index contributed by atoms with van der Waals surface area (Å²) in [5.41, 5.74) is 1.11. The first-order valence-electron chi connectivity index (χ1n) is 6.22. The van der Waals surface area contributed by atoms with Crippen LogP contribution in [0.1, 0.15) is 25.5 Å². The zero-order chi connectivity index (χ0) is 13.1. The fourth-order valence-electron chi connectivity index (χ4n) is 2.15. The Bertz CT molecular complexity index is 418. The summed E-state index contributed by atoms with van der Waals surface area (Å²) in [6, 6.07) is 0.163. The van der Waals surface area contributed by atoms with Gasteiger partial charge in [0, 0.05) is 37.4 Å². The predicted molar refractivity (Wildman–Crippen MR) is 65.3 cm³/mol. The van der Waals surface area contributed by atoms with Crippen LogP contribution >= 0.6 is 0 Å². The van der Waals surface area contributed by atoms with Crippen molar-refractivity contribution in [2.75, 3.05) is 19.7 Å². The summed E-state index contributed by atoms with van der Waals surface area (Å²) in [5, 5.41) is 13.2. The van der Waals surface area contributed by atoms with Crippen LogP contribution < -0.4 is 0 Å². The van der Waals surface area contributed by atoms with Crippen LogP contribution in [0.15, 0.2) is 12.4 Å². The molecule has 1 N–H and O–H groups in total. The molecule has 1 aliphatic heterocycles. The Morgan fingerprint density at radius 2 is 2.50 bits per heavy atom. The Morgan fingerprint density at radius 3 is 3.11 bits per heavy atom. The second-order valence-corrected chi connectivity index (χ2v) is 4.50. The molecule has 2 rings (SSSR count). The summed E-state index contributed by atoms with van der Waals surface area (Å²) in [7, 11) is 0. The first-order valence-corrected chi connectivity index (χ1v) is 6.22. The Morgan fingerprint density at radius 1 is 1.72 bits per heavy atom. The highest BCUT2D eigenvalue weighted by Gasteiger charge is 2.29. The number of carbonyl (C=O) groups is 1. The minimum atomic E-state index is -0.892. The molecule has 2 heterocycles. The first kappa shape index (κ1) is 13.0. The molecule has 1 saturated heterocycles. The number of nitrogens with zero attached hydrogens (tertiary/aromatic N) is 3. The Kier molecular flexibility index (Phi) is 3.98. The lowest BCUT2D eigenvalue weighted by Crippen LogP contribution is -2.46. The van der Waals surface area contributed by atoms with Crippen molar-refractivity contribution in [2.45, 2.75) is 32.5 Å². The predicted octanol–water partition coefficient (Wildman–Crippen LogP) is 0.749. The summed E-state index contributed by atoms with van der Waals surface area (Å²) in [4.78, 5) is 13.1. The minimum Gasteiger partial charge on any atom is -0.479 e. The maximum atomic E-state index is 10.9. The largest absolute Gasteiger partial charge is 0.479 e. The van der Waals surface area contributed by atoms with E-state index >= 15 is 0 Å². The fraction of sp³-hybridized carbons (Fsp3) is 0.667. The summed E-state index contributed by atoms with van der Waals surface area (Å²) in [6.07, 6.45) is 3.14. The number of carboxylic acids is 1. The molecule has 2 unspecified atom stereocenters. The molecule has 100 valence electrons. The molecule has 0 aliphatic carbocycles. The van der Waals surface area contributed by atoms with E-state index in [2.05, 4.69) is 16.9 Å². The molecule has 1 aromatic heterocycles. The monoisotopic (exact) mass is 253 g/mol. The van der Waals surface area contributed by atoms with Gasteiger partial charge in [0.1, 0.15) is 0 Å². The lowest BCUT2D eigenvalue weighted by molar-refractivity contribution is -0.157. The van der Waals surface area contributed by atoms with Crippen molar-refractivity contribution in [1.82, 2.24) is 14.7 Å². The lowest BCUT2D eigenvalue weighted by Gasteiger charge is -2.34. The SMILES string of the molecule is CCn1cc(C(C)N2CCOC(C(=O)O)C2)cn1. The zero-order valence-electron chi connectivity index (χ0n) is 10.7. The maximum Gasteiger partial charge on any atom is 0.334 e. The molecule has 0 radical (unpaired) electrons. The number of ether oxygens (including phenoxy) is 1. The number of morpholine rings is 1. The molecular weight excluding hydrogens is 234 g/mol. The third-order valence-corrected chi connectivity index (χ3v) is 3.38. The second kappa shape index (κ2) is 5.49. The van der Waals surface area contributed by atoms with Crippen molar-refractivity contribution in [2.24, 2.45) is 0 Å². The lowest BCUT2D eigenvalue weighted by atomic mass is 10.1. The zero-order valence-corrected chi connectivity index (χ0v) is 10.7. The molecule has 6 nitrogen and oxygen atoms in total. The van der Waals surface area contributed by atoms with Crippen LogP contribution in [0.4, 0.5) is 0 Å². The molecule has 0 bridgehead atoms. The summed E-state index contributed by atoms with van der Waals surface area (Å²) < 4.78 is 7.10. The van der Waals surface area contributed by atoms with Crippen molar-refractivity contribution >= 4 is 5.97 Å². The third kappa shape index (κ3) is 2.70. The van der Waals surface area contributed by atoms with Gasteiger partial charge in [-0.3, -0.25) is 9.58 Å². The summed E-state index contributed by atoms with van der Waals surface area (Å²) in [5.74, 6) is -0.892. The van der Waals surface area contributed by atoms with Crippen LogP contribution in [0.3, 0.4) is 0 Å². The number of carboxylic acid groups (broad SMARTS) is 1. The second-order valence-electron chi connectivity index (χ2n) is 4.50. The van der Waals surface area contributed by atoms with E-state index in [1.54, 1.807) is 0 Å². The van der Waals surface area contributed by atoms with E-state index < -0.39 is 12.1 Å². The highest BCUT2D eigenvalue weighted by molar-refractivity contribution is 5.72. The van der Waals surface area contributed by atoms with Crippen LogP contribution in [0.2, 0.25) is 0 Å². The van der Waals surface area contributed by atoms with E-state index in [1.807, 2.05) is 24.0 Å². The van der Waals surface area contributed by atoms with Gasteiger partial charge in [-0.1, -0.05) is 0 Å². The molecule has 0 aromatic carbocycles. The smallest absolute Gasteiger partial charge is 0.334 e. The Labute approximate surface area is 106 Å². The van der Waals surface area contributed by atoms with Gasteiger partial charge < -0.3 is 9.84 Å². The number of aromatic nitrogens is 2. The van der Waals surface area contributed by atoms with E-state index in [0.29, 0.717) is 13.2 Å². The molecule has 0 saturated carbocycles. The number of hydrogen-bond donors (Lipinski definition) is 1. The molecule has 0 spiro atoms. The summed E-state index contributed by atoms with van der Waals surface area (Å²) in [6.45, 7) is 6.59. The van der Waals surface area contributed by atoms with Gasteiger partial charge in [0.2, 0.25) is 0 Å². The number of hydrogen-bond acceptors (Lipinski definition) is 4. The number of rotatable bonds is 4. The van der Waals surface area contributed by atoms with E-state index in [1.165, 1.54) is 0 Å². The van der Waals surface area contributed by atoms with Gasteiger partial charge in [-0.15, -0.1) is 0 Å². The normalized spacial score (nSPS) is 22.9. The fourth-order valence-corrected chi connectivity index (χ4v) is 2.15. The van der Waals surface area contributed by atoms with Crippen LogP contribution in [0.5, 0.6) is 0 Å². The van der Waals surface area contributed by atoms with Gasteiger partial charge in [0.15, 0.2) is 6.10 Å². The van der Waals surface area contributed by atoms with Crippen molar-refractivity contribution < 1.29 is 14.6 Å². The van der Waals surface area contributed by atoms with Crippen molar-refractivity contribution in [3.63, 3.8) is 0 Å². The molecule has 18 heavy (non-hydrogen) atoms. The number of aliphatic carboxylic acids is 1. The van der Waals surface area contributed by atoms with Crippen molar-refractivity contribution in [3.8, 4) is 0 Å². The van der Waals surface area contributed by atoms with Gasteiger partial charge in [-0.05, 0) is 13.8 Å². The molecule has 2 atom stereocenters. The molecule has 0 amide bonds. The highest BCUT2D eigenvalue weighted by Crippen LogP contribution is 2.22. The van der Waals surface area contributed by atoms with E-state index in [-0.39, 0.29) is 6.04 Å². The molecular formula is C12H19N3O3. The van der Waals surface area contributed by atoms with Crippen molar-refractivity contribution in [1.29, 1.82) is 0 Å².